The van der Waals surface area contributed by atoms with Crippen molar-refractivity contribution >= 4 is 111 Å². The monoisotopic (exact) mass is 1510 g/mol. The largest absolute Gasteiger partial charge is 0.493 e. The molecular weight excluding hydrogens is 1420 g/mol. The van der Waals surface area contributed by atoms with E-state index in [-0.39, 0.29) is 89.7 Å². The highest BCUT2D eigenvalue weighted by atomic mass is 32.2. The Morgan fingerprint density at radius 1 is 0.509 bits per heavy atom. The van der Waals surface area contributed by atoms with E-state index in [1.165, 1.54) is 20.7 Å². The van der Waals surface area contributed by atoms with Crippen LogP contribution in [0, 0.1) is 17.7 Å². The van der Waals surface area contributed by atoms with Crippen molar-refractivity contribution in [2.45, 2.75) is 119 Å². The number of ether oxygens (including phenoxy) is 5. The number of likely N-dealkylation sites (tertiary alicyclic amines) is 1. The average Bonchev–Trinajstić information content (AvgIpc) is 1.60. The Bertz CT molecular complexity index is 5090. The summed E-state index contributed by atoms with van der Waals surface area (Å²) >= 11 is 0. The third-order valence-corrected chi connectivity index (χ3v) is 25.1. The fourth-order valence-electron chi connectivity index (χ4n) is 16.0. The van der Waals surface area contributed by atoms with E-state index in [1.54, 1.807) is 59.1 Å². The second-order valence-corrected chi connectivity index (χ2v) is 33.3. The molecule has 8 aromatic rings. The number of rotatable bonds is 25. The first kappa shape index (κ1) is 76.8. The van der Waals surface area contributed by atoms with Crippen LogP contribution in [0.4, 0.5) is 26.2 Å². The van der Waals surface area contributed by atoms with E-state index in [4.69, 9.17) is 23.7 Å². The van der Waals surface area contributed by atoms with Crippen molar-refractivity contribution < 1.29 is 78.5 Å². The van der Waals surface area contributed by atoms with Gasteiger partial charge >= 0.3 is 6.09 Å². The molecule has 3 atom stereocenters. The lowest BCUT2D eigenvalue weighted by Crippen LogP contribution is -2.50. The highest BCUT2D eigenvalue weighted by molar-refractivity contribution is 7.89. The van der Waals surface area contributed by atoms with Gasteiger partial charge in [-0.05, 0) is 189 Å². The van der Waals surface area contributed by atoms with Crippen molar-refractivity contribution in [3.63, 3.8) is 0 Å². The molecule has 3 fully saturated rings. The van der Waals surface area contributed by atoms with Gasteiger partial charge in [0.15, 0.2) is 5.78 Å². The third-order valence-electron chi connectivity index (χ3n) is 21.4. The fourth-order valence-corrected chi connectivity index (χ4v) is 19.0. The molecule has 0 saturated carbocycles. The first-order chi connectivity index (χ1) is 51.9. The van der Waals surface area contributed by atoms with Crippen LogP contribution < -0.4 is 19.4 Å². The maximum Gasteiger partial charge on any atom is 0.410 e. The highest BCUT2D eigenvalue weighted by Gasteiger charge is 2.41. The molecule has 15 rings (SSSR count). The van der Waals surface area contributed by atoms with Crippen LogP contribution in [-0.2, 0) is 79.1 Å². The van der Waals surface area contributed by atoms with Crippen molar-refractivity contribution in [2.24, 2.45) is 11.8 Å². The summed E-state index contributed by atoms with van der Waals surface area (Å²) in [4.78, 5) is 99.2. The zero-order valence-electron chi connectivity index (χ0n) is 61.8. The van der Waals surface area contributed by atoms with Crippen LogP contribution >= 0.6 is 0 Å². The Morgan fingerprint density at radius 3 is 1.37 bits per heavy atom. The van der Waals surface area contributed by atoms with E-state index in [1.807, 2.05) is 112 Å². The van der Waals surface area contributed by atoms with Crippen molar-refractivity contribution in [1.29, 1.82) is 0 Å². The summed E-state index contributed by atoms with van der Waals surface area (Å²) in [6.07, 6.45) is 6.40. The number of benzene rings is 8. The number of halogens is 1. The summed E-state index contributed by atoms with van der Waals surface area (Å²) in [5.74, 6) is -0.644. The maximum atomic E-state index is 13.4. The number of anilines is 3. The van der Waals surface area contributed by atoms with Gasteiger partial charge in [0.2, 0.25) is 20.0 Å². The van der Waals surface area contributed by atoms with Crippen LogP contribution in [0.3, 0.4) is 0 Å². The molecule has 25 heteroatoms. The average molecular weight is 1510 g/mol. The Balaban J connectivity index is 0.000000143. The van der Waals surface area contributed by atoms with Gasteiger partial charge < -0.3 is 38.4 Å². The molecule has 0 spiro atoms. The van der Waals surface area contributed by atoms with Gasteiger partial charge in [-0.15, -0.1) is 0 Å². The van der Waals surface area contributed by atoms with E-state index in [9.17, 15) is 54.8 Å². The minimum absolute atomic E-state index is 0.00698. The zero-order chi connectivity index (χ0) is 76.3. The molecule has 7 aliphatic rings. The molecule has 7 aliphatic heterocycles. The molecule has 3 saturated heterocycles. The third kappa shape index (κ3) is 15.7. The van der Waals surface area contributed by atoms with Gasteiger partial charge in [-0.25, -0.2) is 26.0 Å². The van der Waals surface area contributed by atoms with E-state index in [0.717, 1.165) is 122 Å². The molecular formula is C83H91FN6O16S2. The maximum absolute atomic E-state index is 13.4. The molecule has 7 heterocycles. The number of nitrogens with zero attached hydrogens (tertiary/aromatic N) is 6. The summed E-state index contributed by atoms with van der Waals surface area (Å²) in [7, 11) is -2.55. The van der Waals surface area contributed by atoms with Crippen LogP contribution in [0.2, 0.25) is 0 Å². The number of fused-ring (bicyclic) bond motifs is 1. The Labute approximate surface area is 629 Å². The van der Waals surface area contributed by atoms with Crippen molar-refractivity contribution in [3.8, 4) is 5.75 Å². The molecule has 4 amide bonds. The van der Waals surface area contributed by atoms with Crippen molar-refractivity contribution in [2.75, 3.05) is 115 Å². The van der Waals surface area contributed by atoms with Crippen molar-refractivity contribution in [3.05, 3.63) is 178 Å². The van der Waals surface area contributed by atoms with E-state index >= 15 is 0 Å². The number of amides is 4. The first-order valence-electron chi connectivity index (χ1n) is 37.1. The number of sulfonamides is 2. The van der Waals surface area contributed by atoms with Gasteiger partial charge in [0.25, 0.3) is 17.7 Å². The lowest BCUT2D eigenvalue weighted by molar-refractivity contribution is -0.125. The molecule has 0 aromatic heterocycles. The quantitative estimate of drug-likeness (QED) is 0.0482. The molecule has 108 heavy (non-hydrogen) atoms. The SMILES string of the molecule is COCCCN1C(=O)c2cccc3c(CC(=O)C4CCCCN4C(=O)OC(C)(C)C)ccc1c23.COCCCN1C(=O)c2cccc3c(CC(=O)C4CCN(S(=O)(=O)c5ccc(F)cc5)C4)ccc1c23.COCCCN1C(=O)c2cccc3c(CC(=O)C4CCN(S(=O)(=O)c5ccc6c(c5)CCO6)C4)ccc1c23. The van der Waals surface area contributed by atoms with Gasteiger partial charge in [0.1, 0.15) is 28.7 Å². The molecule has 3 unspecified atom stereocenters. The molecule has 568 valence electrons. The molecule has 0 radical (unpaired) electrons. The summed E-state index contributed by atoms with van der Waals surface area (Å²) < 4.78 is 94.9. The number of piperidine rings is 1. The summed E-state index contributed by atoms with van der Waals surface area (Å²) in [5.41, 5.74) is 7.42. The highest BCUT2D eigenvalue weighted by Crippen LogP contribution is 2.44. The molecule has 0 bridgehead atoms. The number of Topliss-reactive ketones (excluding diaryl/α,β-unsaturated/α-hetero) is 3. The number of ketones is 3. The predicted octanol–water partition coefficient (Wildman–Crippen LogP) is 12.1. The molecule has 0 N–H and O–H groups in total. The first-order valence-corrected chi connectivity index (χ1v) is 39.9. The van der Waals surface area contributed by atoms with Gasteiger partial charge in [-0.3, -0.25) is 33.7 Å². The minimum Gasteiger partial charge on any atom is -0.493 e. The van der Waals surface area contributed by atoms with Crippen LogP contribution in [0.25, 0.3) is 32.3 Å². The van der Waals surface area contributed by atoms with Crippen LogP contribution in [0.5, 0.6) is 5.75 Å². The van der Waals surface area contributed by atoms with Gasteiger partial charge in [0.05, 0.1) is 39.5 Å². The zero-order valence-corrected chi connectivity index (χ0v) is 63.4. The standard InChI is InChI=1S/C29H30N2O6S.C27H27FN2O5S.C27H34N2O5/c1-36-14-3-12-31-25-8-6-19(23-4-2-5-24(28(23)25)29(31)33)17-26(32)21-10-13-30(18-21)38(34,35)22-7-9-27-20(16-22)11-15-37-27;1-35-15-3-13-30-24-11-6-18(22-4-2-5-23(26(22)24)27(30)32)16-25(31)19-12-14-29(17-19)36(33,34)21-9-7-20(28)8-10-21;1-27(2,3)34-26(32)29-14-6-5-11-21(29)23(30)17-18-12-13-22-24-19(18)9-7-10-20(24)25(31)28(22)15-8-16-33-4/h2,4-9,16,21H,3,10-15,17-18H2,1H3;2,4-11,19H,3,12-17H2,1H3;7,9-10,12-13,21H,5-6,8,11,14-17H2,1-4H3. The van der Waals surface area contributed by atoms with E-state index in [0.29, 0.717) is 102 Å². The Morgan fingerprint density at radius 2 is 0.935 bits per heavy atom. The van der Waals surface area contributed by atoms with Gasteiger partial charge in [-0.1, -0.05) is 54.6 Å². The van der Waals surface area contributed by atoms with E-state index < -0.39 is 49.5 Å². The second-order valence-electron chi connectivity index (χ2n) is 29.5. The summed E-state index contributed by atoms with van der Waals surface area (Å²) in [5, 5.41) is 5.34. The molecule has 8 aromatic carbocycles. The number of hydrogen-bond donors (Lipinski definition) is 0. The summed E-state index contributed by atoms with van der Waals surface area (Å²) in [6, 6.07) is 37.7. The summed E-state index contributed by atoms with van der Waals surface area (Å²) in [6.45, 7) is 10.9. The van der Waals surface area contributed by atoms with Gasteiger partial charge in [0, 0.05) is 164 Å². The number of hydrogen-bond acceptors (Lipinski definition) is 16. The number of methoxy groups -OCH3 is 3. The number of carbonyl (C=O) groups excluding carboxylic acids is 7. The number of carbonyl (C=O) groups is 7. The van der Waals surface area contributed by atoms with Crippen LogP contribution in [-0.4, -0.2) is 183 Å². The van der Waals surface area contributed by atoms with Crippen LogP contribution in [0.15, 0.2) is 143 Å². The Kier molecular flexibility index (Phi) is 23.1. The fraction of sp³-hybridized carbons (Fsp3) is 0.410. The lowest BCUT2D eigenvalue weighted by atomic mass is 9.92. The van der Waals surface area contributed by atoms with E-state index in [2.05, 4.69) is 0 Å². The Hall–Kier alpha value is -9.34. The topological polar surface area (TPSA) is 253 Å². The van der Waals surface area contributed by atoms with Gasteiger partial charge in [-0.2, -0.15) is 8.61 Å². The minimum atomic E-state index is -3.79. The second kappa shape index (κ2) is 32.5. The normalized spacial score (nSPS) is 18.2. The van der Waals surface area contributed by atoms with Crippen molar-refractivity contribution in [1.82, 2.24) is 13.5 Å². The predicted molar refractivity (Wildman–Crippen MR) is 409 cm³/mol. The van der Waals surface area contributed by atoms with Crippen LogP contribution in [0.1, 0.15) is 125 Å². The molecule has 0 aliphatic carbocycles. The smallest absolute Gasteiger partial charge is 0.410 e. The molecule has 22 nitrogen and oxygen atoms in total. The lowest BCUT2D eigenvalue weighted by Gasteiger charge is -2.36.